The van der Waals surface area contributed by atoms with Gasteiger partial charge in [0.1, 0.15) is 29.2 Å². The molecule has 0 unspecified atom stereocenters. The molecule has 11 rings (SSSR count). The lowest BCUT2D eigenvalue weighted by molar-refractivity contribution is 0.0115. The fourth-order valence-corrected chi connectivity index (χ4v) is 11.4. The summed E-state index contributed by atoms with van der Waals surface area (Å²) in [4.78, 5) is 36.1. The van der Waals surface area contributed by atoms with Crippen LogP contribution in [0.1, 0.15) is 123 Å². The number of benzene rings is 3. The molecule has 4 saturated heterocycles. The van der Waals surface area contributed by atoms with Crippen molar-refractivity contribution in [2.75, 3.05) is 103 Å². The lowest BCUT2D eigenvalue weighted by Gasteiger charge is -2.34. The van der Waals surface area contributed by atoms with E-state index in [1.165, 1.54) is 100 Å². The lowest BCUT2D eigenvalue weighted by atomic mass is 9.89. The summed E-state index contributed by atoms with van der Waals surface area (Å²) in [6, 6.07) is 23.6. The van der Waals surface area contributed by atoms with E-state index in [0.29, 0.717) is 43.4 Å². The molecule has 5 aliphatic heterocycles. The number of alkyl halides is 1. The number of halogens is 3. The molecule has 0 spiro atoms. The molecule has 6 aliphatic rings. The van der Waals surface area contributed by atoms with Gasteiger partial charge < -0.3 is 56.4 Å². The van der Waals surface area contributed by atoms with Gasteiger partial charge in [-0.1, -0.05) is 43.5 Å². The molecule has 5 fully saturated rings. The summed E-state index contributed by atoms with van der Waals surface area (Å²) >= 11 is 6.73. The van der Waals surface area contributed by atoms with E-state index in [0.717, 1.165) is 84.6 Å². The first kappa shape index (κ1) is 71.5. The zero-order chi connectivity index (χ0) is 63.8. The predicted octanol–water partition coefficient (Wildman–Crippen LogP) is 10.9. The summed E-state index contributed by atoms with van der Waals surface area (Å²) in [7, 11) is 4.33. The number of anilines is 3. The number of rotatable bonds is 8. The number of hydrogen-bond acceptors (Lipinski definition) is 16. The third kappa shape index (κ3) is 26.9. The van der Waals surface area contributed by atoms with Crippen LogP contribution in [0.15, 0.2) is 94.4 Å². The van der Waals surface area contributed by atoms with Crippen LogP contribution in [0.3, 0.4) is 0 Å². The Labute approximate surface area is 540 Å². The van der Waals surface area contributed by atoms with Crippen LogP contribution in [-0.4, -0.2) is 182 Å². The van der Waals surface area contributed by atoms with Crippen LogP contribution in [-0.2, 0) is 42.2 Å². The number of fused-ring (bicyclic) bond motifs is 1. The number of nitrogen functional groups attached to an aromatic ring is 3. The molecule has 8 N–H and O–H groups in total. The van der Waals surface area contributed by atoms with Crippen molar-refractivity contribution in [1.29, 1.82) is 0 Å². The molecule has 5 aromatic rings. The number of hydrogen-bond donors (Lipinski definition) is 4. The SMILES string of the molecule is Brc1cnn(CC2CCCCC2)c1.CC(C)(C)OC(=O)N1CC[C@H](N)[C@@H](F)C1.CC(C)(C)OC(=O)N1CCn2c(Br)nnc2C1.CN1CCC(Oc2ccc(N)cc2)CC1.CN1CCN(Cc2ccc(N)cc2)CC1.Nc1ccc(CN2CCCC2)cc1. The van der Waals surface area contributed by atoms with Gasteiger partial charge in [0.2, 0.25) is 0 Å². The molecular weight excluding hydrogens is 1250 g/mol. The maximum Gasteiger partial charge on any atom is 0.410 e. The third-order valence-corrected chi connectivity index (χ3v) is 16.8. The molecule has 23 heteroatoms. The van der Waals surface area contributed by atoms with Crippen molar-refractivity contribution in [2.24, 2.45) is 11.7 Å². The molecule has 0 radical (unpaired) electrons. The number of likely N-dealkylation sites (tertiary alicyclic amines) is 3. The molecule has 488 valence electrons. The quantitative estimate of drug-likeness (QED) is 0.106. The van der Waals surface area contributed by atoms with E-state index in [2.05, 4.69) is 116 Å². The Morgan fingerprint density at radius 3 is 1.62 bits per heavy atom. The van der Waals surface area contributed by atoms with Crippen molar-refractivity contribution in [3.05, 3.63) is 111 Å². The van der Waals surface area contributed by atoms with Gasteiger partial charge in [-0.25, -0.2) is 14.0 Å². The Morgan fingerprint density at radius 2 is 1.11 bits per heavy atom. The predicted molar refractivity (Wildman–Crippen MR) is 357 cm³/mol. The van der Waals surface area contributed by atoms with Crippen LogP contribution in [0.4, 0.5) is 31.0 Å². The second kappa shape index (κ2) is 35.7. The van der Waals surface area contributed by atoms with Crippen LogP contribution < -0.4 is 27.7 Å². The highest BCUT2D eigenvalue weighted by Gasteiger charge is 2.32. The molecule has 1 saturated carbocycles. The van der Waals surface area contributed by atoms with Crippen LogP contribution in [0.25, 0.3) is 0 Å². The fourth-order valence-electron chi connectivity index (χ4n) is 10.6. The topological polar surface area (TPSA) is 234 Å². The van der Waals surface area contributed by atoms with Gasteiger partial charge in [-0.15, -0.1) is 10.2 Å². The number of ether oxygens (including phenoxy) is 3. The van der Waals surface area contributed by atoms with E-state index in [4.69, 9.17) is 37.1 Å². The van der Waals surface area contributed by atoms with Crippen molar-refractivity contribution < 1.29 is 28.2 Å². The number of amides is 2. The second-order valence-electron chi connectivity index (χ2n) is 26.0. The molecule has 2 aromatic heterocycles. The van der Waals surface area contributed by atoms with Crippen molar-refractivity contribution in [3.8, 4) is 5.75 Å². The van der Waals surface area contributed by atoms with Crippen molar-refractivity contribution in [1.82, 2.24) is 53.9 Å². The first-order chi connectivity index (χ1) is 41.8. The summed E-state index contributed by atoms with van der Waals surface area (Å²) in [6.07, 6.45) is 14.8. The van der Waals surface area contributed by atoms with Crippen LogP contribution in [0, 0.1) is 5.92 Å². The van der Waals surface area contributed by atoms with Crippen LogP contribution in [0.5, 0.6) is 5.75 Å². The first-order valence-corrected chi connectivity index (χ1v) is 33.1. The van der Waals surface area contributed by atoms with Gasteiger partial charge in [0.25, 0.3) is 0 Å². The monoisotopic (exact) mass is 1350 g/mol. The standard InChI is InChI=1S/C12H19N3.C12H18N2O.C11H16N2.C10H15BrN4O2.C10H15BrN2.C10H19FN2O2/c1-14-6-8-15(9-7-14)10-11-2-4-12(13)5-3-11;1-14-8-6-12(7-9-14)15-11-4-2-10(13)3-5-11;12-11-5-3-10(4-6-11)9-13-7-1-2-8-13;1-10(2,3)17-9(16)14-4-5-15-7(6-14)12-13-8(15)11;11-10-6-12-13(8-10)7-9-4-2-1-3-5-9;1-10(2,3)15-9(14)13-5-4-8(12)7(11)6-13/h2-5H,6-10,13H2,1H3;2-5,12H,6-9,13H2,1H3;3-6H,1-2,7-9,12H2;4-6H2,1-3H3;6,8-9H,1-5,7H2;7-8H,4-6,12H2,1-3H3/t;;;;;7-,8-/m.....0/s1. The first-order valence-electron chi connectivity index (χ1n) is 31.5. The molecule has 2 amide bonds. The van der Waals surface area contributed by atoms with E-state index >= 15 is 0 Å². The molecule has 0 bridgehead atoms. The second-order valence-corrected chi connectivity index (χ2v) is 27.6. The summed E-state index contributed by atoms with van der Waals surface area (Å²) in [5.41, 5.74) is 26.6. The largest absolute Gasteiger partial charge is 0.490 e. The highest BCUT2D eigenvalue weighted by Crippen LogP contribution is 2.26. The number of nitrogens with zero attached hydrogens (tertiary/aromatic N) is 11. The molecule has 1 aliphatic carbocycles. The minimum absolute atomic E-state index is 0.0378. The maximum absolute atomic E-state index is 13.2. The van der Waals surface area contributed by atoms with Gasteiger partial charge in [-0.3, -0.25) is 19.4 Å². The van der Waals surface area contributed by atoms with E-state index in [-0.39, 0.29) is 12.6 Å². The average Bonchev–Trinajstić information content (AvgIpc) is 3.17. The van der Waals surface area contributed by atoms with E-state index in [1.54, 1.807) is 25.7 Å². The van der Waals surface area contributed by atoms with Crippen molar-refractivity contribution >= 4 is 61.1 Å². The molecule has 88 heavy (non-hydrogen) atoms. The molecular formula is C65H102Br2FN15O5. The van der Waals surface area contributed by atoms with E-state index in [9.17, 15) is 14.0 Å². The van der Waals surface area contributed by atoms with E-state index < -0.39 is 29.5 Å². The van der Waals surface area contributed by atoms with Crippen LogP contribution in [0.2, 0.25) is 0 Å². The number of nitrogens with two attached hydrogens (primary N) is 4. The summed E-state index contributed by atoms with van der Waals surface area (Å²) < 4.78 is 35.4. The Kier molecular flexibility index (Phi) is 29.0. The molecule has 7 heterocycles. The van der Waals surface area contributed by atoms with Crippen molar-refractivity contribution in [2.45, 2.75) is 168 Å². The summed E-state index contributed by atoms with van der Waals surface area (Å²) in [5, 5.41) is 12.2. The molecule has 20 nitrogen and oxygen atoms in total. The van der Waals surface area contributed by atoms with Gasteiger partial charge in [-0.2, -0.15) is 5.10 Å². The number of carbonyl (C=O) groups excluding carboxylic acids is 2. The zero-order valence-corrected chi connectivity index (χ0v) is 56.9. The smallest absolute Gasteiger partial charge is 0.410 e. The lowest BCUT2D eigenvalue weighted by Crippen LogP contribution is -2.51. The number of piperidine rings is 2. The summed E-state index contributed by atoms with van der Waals surface area (Å²) in [6.45, 7) is 25.8. The molecule has 2 atom stereocenters. The van der Waals surface area contributed by atoms with Gasteiger partial charge >= 0.3 is 12.2 Å². The zero-order valence-electron chi connectivity index (χ0n) is 53.7. The Balaban J connectivity index is 0.000000169. The number of aromatic nitrogens is 5. The number of carbonyl (C=O) groups is 2. The minimum atomic E-state index is -1.15. The highest BCUT2D eigenvalue weighted by atomic mass is 79.9. The third-order valence-electron chi connectivity index (χ3n) is 15.8. The highest BCUT2D eigenvalue weighted by molar-refractivity contribution is 9.10. The Morgan fingerprint density at radius 1 is 0.602 bits per heavy atom. The number of likely N-dealkylation sites (N-methyl/N-ethyl adjacent to an activating group) is 1. The maximum atomic E-state index is 13.2. The Bertz CT molecular complexity index is 2720. The van der Waals surface area contributed by atoms with Gasteiger partial charge in [0.15, 0.2) is 10.6 Å². The normalized spacial score (nSPS) is 19.7. The average molecular weight is 1350 g/mol. The minimum Gasteiger partial charge on any atom is -0.490 e. The van der Waals surface area contributed by atoms with Crippen molar-refractivity contribution in [3.63, 3.8) is 0 Å². The van der Waals surface area contributed by atoms with Gasteiger partial charge in [-0.05, 0) is 211 Å². The van der Waals surface area contributed by atoms with Gasteiger partial charge in [0.05, 0.1) is 23.8 Å². The Hall–Kier alpha value is -5.56. The molecule has 3 aromatic carbocycles. The van der Waals surface area contributed by atoms with Crippen LogP contribution >= 0.6 is 31.9 Å². The number of piperazine rings is 1. The van der Waals surface area contributed by atoms with E-state index in [1.807, 2.05) is 80.1 Å². The fraction of sp³-hybridized carbons (Fsp3) is 0.615. The van der Waals surface area contributed by atoms with Gasteiger partial charge in [0, 0.05) is 108 Å². The summed E-state index contributed by atoms with van der Waals surface area (Å²) in [5.74, 6) is 2.56.